The van der Waals surface area contributed by atoms with Gasteiger partial charge in [0, 0.05) is 11.5 Å². The van der Waals surface area contributed by atoms with E-state index in [1.165, 1.54) is 63.4 Å². The molecule has 0 radical (unpaired) electrons. The highest BCUT2D eigenvalue weighted by atomic mass is 35.5. The van der Waals surface area contributed by atoms with Crippen molar-refractivity contribution in [2.75, 3.05) is 6.54 Å². The number of nitrogens with one attached hydrogen (secondary N) is 1. The Bertz CT molecular complexity index is 518. The van der Waals surface area contributed by atoms with Gasteiger partial charge in [-0.1, -0.05) is 67.8 Å². The number of benzene rings is 1. The first-order chi connectivity index (χ1) is 11.1. The molecule has 2 fully saturated rings. The van der Waals surface area contributed by atoms with Crippen LogP contribution in [0.5, 0.6) is 0 Å². The van der Waals surface area contributed by atoms with Gasteiger partial charge in [-0.3, -0.25) is 0 Å². The lowest BCUT2D eigenvalue weighted by Gasteiger charge is -2.48. The average Bonchev–Trinajstić information content (AvgIpc) is 2.51. The summed E-state index contributed by atoms with van der Waals surface area (Å²) >= 11 is 12.4. The van der Waals surface area contributed by atoms with Gasteiger partial charge in [-0.15, -0.1) is 0 Å². The van der Waals surface area contributed by atoms with E-state index in [1.807, 2.05) is 6.07 Å². The lowest BCUT2D eigenvalue weighted by molar-refractivity contribution is 0.176. The molecule has 23 heavy (non-hydrogen) atoms. The minimum absolute atomic E-state index is 0.251. The molecule has 0 amide bonds. The van der Waals surface area contributed by atoms with Crippen LogP contribution in [-0.2, 0) is 5.41 Å². The predicted octanol–water partition coefficient (Wildman–Crippen LogP) is 6.36. The first kappa shape index (κ1) is 17.6. The zero-order valence-corrected chi connectivity index (χ0v) is 15.7. The summed E-state index contributed by atoms with van der Waals surface area (Å²) in [7, 11) is 0. The van der Waals surface area contributed by atoms with Gasteiger partial charge < -0.3 is 5.32 Å². The van der Waals surface area contributed by atoms with E-state index in [9.17, 15) is 0 Å². The smallest absolute Gasteiger partial charge is 0.0595 e. The summed E-state index contributed by atoms with van der Waals surface area (Å²) in [5.41, 5.74) is 1.61. The number of rotatable bonds is 6. The maximum Gasteiger partial charge on any atom is 0.0595 e. The average molecular weight is 354 g/mol. The highest BCUT2D eigenvalue weighted by Gasteiger charge is 2.43. The summed E-state index contributed by atoms with van der Waals surface area (Å²) in [5.74, 6) is 0.950. The molecule has 128 valence electrons. The number of halogens is 2. The summed E-state index contributed by atoms with van der Waals surface area (Å²) in [5, 5.41) is 5.17. The largest absolute Gasteiger partial charge is 0.313 e. The van der Waals surface area contributed by atoms with E-state index in [0.29, 0.717) is 16.1 Å². The fraction of sp³-hybridized carbons (Fsp3) is 0.700. The van der Waals surface area contributed by atoms with E-state index in [-0.39, 0.29) is 5.41 Å². The predicted molar refractivity (Wildman–Crippen MR) is 101 cm³/mol. The van der Waals surface area contributed by atoms with Crippen LogP contribution in [0.4, 0.5) is 0 Å². The van der Waals surface area contributed by atoms with Crippen molar-refractivity contribution in [1.82, 2.24) is 5.32 Å². The third-order valence-electron chi connectivity index (χ3n) is 6.30. The molecule has 1 unspecified atom stereocenters. The summed E-state index contributed by atoms with van der Waals surface area (Å²) in [4.78, 5) is 0. The van der Waals surface area contributed by atoms with Crippen LogP contribution in [0.2, 0.25) is 10.0 Å². The molecule has 0 bridgehead atoms. The van der Waals surface area contributed by atoms with Crippen LogP contribution in [0.15, 0.2) is 18.2 Å². The third kappa shape index (κ3) is 3.89. The van der Waals surface area contributed by atoms with Crippen LogP contribution in [0.3, 0.4) is 0 Å². The van der Waals surface area contributed by atoms with Crippen LogP contribution in [0, 0.1) is 5.92 Å². The van der Waals surface area contributed by atoms with E-state index in [1.54, 1.807) is 0 Å². The Morgan fingerprint density at radius 3 is 2.43 bits per heavy atom. The standard InChI is InChI=1S/C20H29Cl2N/c1-15(23-13-10-16-6-3-2-4-7-16)20(11-5-12-20)17-8-9-18(21)19(22)14-17/h8-9,14-16,23H,2-7,10-13H2,1H3. The van der Waals surface area contributed by atoms with Crippen LogP contribution in [0.1, 0.15) is 70.3 Å². The molecular weight excluding hydrogens is 325 g/mol. The van der Waals surface area contributed by atoms with Gasteiger partial charge in [-0.25, -0.2) is 0 Å². The molecule has 0 spiro atoms. The number of hydrogen-bond donors (Lipinski definition) is 1. The molecule has 0 aliphatic heterocycles. The molecule has 1 aromatic carbocycles. The maximum atomic E-state index is 6.26. The Morgan fingerprint density at radius 2 is 1.83 bits per heavy atom. The quantitative estimate of drug-likeness (QED) is 0.626. The minimum Gasteiger partial charge on any atom is -0.313 e. The van der Waals surface area contributed by atoms with E-state index in [2.05, 4.69) is 24.4 Å². The monoisotopic (exact) mass is 353 g/mol. The Morgan fingerprint density at radius 1 is 1.09 bits per heavy atom. The van der Waals surface area contributed by atoms with Gasteiger partial charge in [-0.2, -0.15) is 0 Å². The van der Waals surface area contributed by atoms with Crippen molar-refractivity contribution < 1.29 is 0 Å². The van der Waals surface area contributed by atoms with Crippen molar-refractivity contribution in [2.24, 2.45) is 5.92 Å². The second-order valence-corrected chi connectivity index (χ2v) is 8.42. The SMILES string of the molecule is CC(NCCC1CCCCC1)C1(c2ccc(Cl)c(Cl)c2)CCC1. The van der Waals surface area contributed by atoms with Crippen LogP contribution >= 0.6 is 23.2 Å². The van der Waals surface area contributed by atoms with Crippen molar-refractivity contribution in [3.8, 4) is 0 Å². The van der Waals surface area contributed by atoms with E-state index >= 15 is 0 Å². The van der Waals surface area contributed by atoms with Gasteiger partial charge >= 0.3 is 0 Å². The van der Waals surface area contributed by atoms with Gasteiger partial charge in [0.05, 0.1) is 10.0 Å². The molecule has 0 heterocycles. The molecule has 2 saturated carbocycles. The highest BCUT2D eigenvalue weighted by molar-refractivity contribution is 6.42. The third-order valence-corrected chi connectivity index (χ3v) is 7.04. The Kier molecular flexibility index (Phi) is 5.93. The maximum absolute atomic E-state index is 6.26. The second kappa shape index (κ2) is 7.76. The fourth-order valence-electron chi connectivity index (χ4n) is 4.51. The van der Waals surface area contributed by atoms with Crippen molar-refractivity contribution in [3.05, 3.63) is 33.8 Å². The molecule has 1 nitrogen and oxygen atoms in total. The van der Waals surface area contributed by atoms with E-state index < -0.39 is 0 Å². The van der Waals surface area contributed by atoms with Crippen molar-refractivity contribution >= 4 is 23.2 Å². The Hall–Kier alpha value is -0.240. The Balaban J connectivity index is 1.59. The van der Waals surface area contributed by atoms with Crippen molar-refractivity contribution in [3.63, 3.8) is 0 Å². The molecule has 0 saturated heterocycles. The van der Waals surface area contributed by atoms with Crippen LogP contribution in [0.25, 0.3) is 0 Å². The topological polar surface area (TPSA) is 12.0 Å². The molecule has 1 aromatic rings. The van der Waals surface area contributed by atoms with E-state index in [4.69, 9.17) is 23.2 Å². The minimum atomic E-state index is 0.251. The zero-order chi connectivity index (χ0) is 16.3. The van der Waals surface area contributed by atoms with Gasteiger partial charge in [0.25, 0.3) is 0 Å². The molecule has 3 heteroatoms. The Labute approximate surface area is 151 Å². The summed E-state index contributed by atoms with van der Waals surface area (Å²) in [6, 6.07) is 6.71. The van der Waals surface area contributed by atoms with Crippen LogP contribution < -0.4 is 5.32 Å². The molecule has 2 aliphatic carbocycles. The first-order valence-electron chi connectivity index (χ1n) is 9.31. The van der Waals surface area contributed by atoms with Gasteiger partial charge in [0.1, 0.15) is 0 Å². The fourth-order valence-corrected chi connectivity index (χ4v) is 4.81. The molecule has 1 N–H and O–H groups in total. The van der Waals surface area contributed by atoms with E-state index in [0.717, 1.165) is 12.5 Å². The summed E-state index contributed by atoms with van der Waals surface area (Å²) in [6.45, 7) is 3.50. The zero-order valence-electron chi connectivity index (χ0n) is 14.2. The van der Waals surface area contributed by atoms with Gasteiger partial charge in [0.15, 0.2) is 0 Å². The lowest BCUT2D eigenvalue weighted by atomic mass is 9.60. The molecule has 2 aliphatic rings. The molecule has 1 atom stereocenters. The van der Waals surface area contributed by atoms with Gasteiger partial charge in [0.2, 0.25) is 0 Å². The molecule has 0 aromatic heterocycles. The lowest BCUT2D eigenvalue weighted by Crippen LogP contribution is -2.51. The normalized spacial score (nSPS) is 22.6. The summed E-state index contributed by atoms with van der Waals surface area (Å²) < 4.78 is 0. The summed E-state index contributed by atoms with van der Waals surface area (Å²) in [6.07, 6.45) is 12.4. The van der Waals surface area contributed by atoms with Crippen LogP contribution in [-0.4, -0.2) is 12.6 Å². The van der Waals surface area contributed by atoms with Crippen molar-refractivity contribution in [1.29, 1.82) is 0 Å². The highest BCUT2D eigenvalue weighted by Crippen LogP contribution is 2.47. The molecular formula is C20H29Cl2N. The number of hydrogen-bond acceptors (Lipinski definition) is 1. The van der Waals surface area contributed by atoms with Gasteiger partial charge in [-0.05, 0) is 56.3 Å². The second-order valence-electron chi connectivity index (χ2n) is 7.61. The van der Waals surface area contributed by atoms with Crippen molar-refractivity contribution in [2.45, 2.75) is 76.2 Å². The first-order valence-corrected chi connectivity index (χ1v) is 10.1. The molecule has 3 rings (SSSR count).